The molecular weight excluding hydrogens is 244 g/mol. The van der Waals surface area contributed by atoms with Crippen molar-refractivity contribution in [3.8, 4) is 0 Å². The predicted molar refractivity (Wildman–Crippen MR) is 86.2 cm³/mol. The van der Waals surface area contributed by atoms with E-state index in [2.05, 4.69) is 61.5 Å². The van der Waals surface area contributed by atoms with Crippen LogP contribution in [-0.4, -0.2) is 11.7 Å². The number of rotatable bonds is 6. The second-order valence-corrected chi connectivity index (χ2v) is 5.14. The molecule has 2 aromatic carbocycles. The van der Waals surface area contributed by atoms with Crippen LogP contribution in [0.2, 0.25) is 0 Å². The molecule has 0 fully saturated rings. The van der Waals surface area contributed by atoms with E-state index in [4.69, 9.17) is 5.11 Å². The second-order valence-electron chi connectivity index (χ2n) is 5.14. The minimum atomic E-state index is 0.262. The van der Waals surface area contributed by atoms with Crippen LogP contribution in [0.1, 0.15) is 30.9 Å². The molecule has 0 amide bonds. The van der Waals surface area contributed by atoms with Crippen LogP contribution in [-0.2, 0) is 0 Å². The van der Waals surface area contributed by atoms with E-state index in [-0.39, 0.29) is 6.61 Å². The quantitative estimate of drug-likeness (QED) is 0.755. The first-order valence-electron chi connectivity index (χ1n) is 7.24. The van der Waals surface area contributed by atoms with Gasteiger partial charge < -0.3 is 5.11 Å². The Balaban J connectivity index is 2.32. The van der Waals surface area contributed by atoms with Crippen molar-refractivity contribution in [3.05, 3.63) is 71.8 Å². The molecule has 20 heavy (non-hydrogen) atoms. The molecule has 0 aliphatic heterocycles. The van der Waals surface area contributed by atoms with Gasteiger partial charge in [-0.25, -0.2) is 0 Å². The summed E-state index contributed by atoms with van der Waals surface area (Å²) in [6, 6.07) is 20.9. The fourth-order valence-electron chi connectivity index (χ4n) is 2.42. The van der Waals surface area contributed by atoms with Gasteiger partial charge in [0.05, 0.1) is 0 Å². The molecule has 104 valence electrons. The molecule has 0 spiro atoms. The number of hydrogen-bond donors (Lipinski definition) is 1. The Bertz CT molecular complexity index is 528. The van der Waals surface area contributed by atoms with E-state index in [0.29, 0.717) is 5.92 Å². The van der Waals surface area contributed by atoms with Crippen LogP contribution < -0.4 is 0 Å². The lowest BCUT2D eigenvalue weighted by atomic mass is 9.89. The van der Waals surface area contributed by atoms with Crippen LogP contribution in [0.15, 0.2) is 60.7 Å². The highest BCUT2D eigenvalue weighted by Gasteiger charge is 2.10. The Hall–Kier alpha value is -1.86. The van der Waals surface area contributed by atoms with Crippen LogP contribution >= 0.6 is 0 Å². The van der Waals surface area contributed by atoms with E-state index in [1.807, 2.05) is 12.1 Å². The monoisotopic (exact) mass is 266 g/mol. The summed E-state index contributed by atoms with van der Waals surface area (Å²) in [5.74, 6) is 0.435. The molecule has 0 aliphatic carbocycles. The van der Waals surface area contributed by atoms with Gasteiger partial charge in [0.25, 0.3) is 0 Å². The van der Waals surface area contributed by atoms with Gasteiger partial charge in [-0.3, -0.25) is 0 Å². The molecule has 0 saturated carbocycles. The standard InChI is InChI=1S/C19H22O/c1-16(9-8-14-20)19(18-12-6-3-7-13-18)15-17-10-4-2-5-11-17/h2-7,10-13,15-16,20H,8-9,14H2,1H3/b19-15-. The molecule has 0 bridgehead atoms. The molecular formula is C19H22O. The van der Waals surface area contributed by atoms with Crippen LogP contribution in [0.5, 0.6) is 0 Å². The van der Waals surface area contributed by atoms with E-state index in [9.17, 15) is 0 Å². The summed E-state index contributed by atoms with van der Waals surface area (Å²) < 4.78 is 0. The topological polar surface area (TPSA) is 20.2 Å². The van der Waals surface area contributed by atoms with Gasteiger partial charge in [0.15, 0.2) is 0 Å². The van der Waals surface area contributed by atoms with Gasteiger partial charge >= 0.3 is 0 Å². The zero-order chi connectivity index (χ0) is 14.2. The van der Waals surface area contributed by atoms with Crippen molar-refractivity contribution in [1.82, 2.24) is 0 Å². The highest BCUT2D eigenvalue weighted by molar-refractivity contribution is 5.82. The number of benzene rings is 2. The largest absolute Gasteiger partial charge is 0.396 e. The van der Waals surface area contributed by atoms with Gasteiger partial charge in [0.1, 0.15) is 0 Å². The van der Waals surface area contributed by atoms with Crippen molar-refractivity contribution in [2.75, 3.05) is 6.61 Å². The SMILES string of the molecule is CC(CCCO)/C(=C/c1ccccc1)c1ccccc1. The van der Waals surface area contributed by atoms with Gasteiger partial charge in [0.2, 0.25) is 0 Å². The minimum absolute atomic E-state index is 0.262. The van der Waals surface area contributed by atoms with E-state index in [1.165, 1.54) is 16.7 Å². The fraction of sp³-hybridized carbons (Fsp3) is 0.263. The molecule has 0 aromatic heterocycles. The third-order valence-electron chi connectivity index (χ3n) is 3.56. The molecule has 1 atom stereocenters. The van der Waals surface area contributed by atoms with E-state index >= 15 is 0 Å². The third-order valence-corrected chi connectivity index (χ3v) is 3.56. The van der Waals surface area contributed by atoms with Crippen molar-refractivity contribution in [1.29, 1.82) is 0 Å². The Kier molecular flexibility index (Phi) is 5.57. The van der Waals surface area contributed by atoms with Gasteiger partial charge in [-0.05, 0) is 35.5 Å². The van der Waals surface area contributed by atoms with Gasteiger partial charge in [-0.15, -0.1) is 0 Å². The predicted octanol–water partition coefficient (Wildman–Crippen LogP) is 4.64. The van der Waals surface area contributed by atoms with Crippen molar-refractivity contribution >= 4 is 11.6 Å². The maximum absolute atomic E-state index is 9.04. The van der Waals surface area contributed by atoms with E-state index < -0.39 is 0 Å². The van der Waals surface area contributed by atoms with Crippen LogP contribution in [0.3, 0.4) is 0 Å². The Morgan fingerprint density at radius 1 is 1.00 bits per heavy atom. The van der Waals surface area contributed by atoms with Crippen molar-refractivity contribution < 1.29 is 5.11 Å². The molecule has 0 aliphatic rings. The molecule has 2 aromatic rings. The van der Waals surface area contributed by atoms with Gasteiger partial charge in [0, 0.05) is 6.61 Å². The Morgan fingerprint density at radius 2 is 1.60 bits per heavy atom. The normalized spacial score (nSPS) is 13.2. The van der Waals surface area contributed by atoms with Gasteiger partial charge in [-0.1, -0.05) is 73.7 Å². The zero-order valence-electron chi connectivity index (χ0n) is 12.0. The lowest BCUT2D eigenvalue weighted by molar-refractivity contribution is 0.279. The number of aliphatic hydroxyl groups is 1. The lowest BCUT2D eigenvalue weighted by Gasteiger charge is -2.16. The summed E-state index contributed by atoms with van der Waals surface area (Å²) in [7, 11) is 0. The maximum atomic E-state index is 9.04. The Morgan fingerprint density at radius 3 is 2.20 bits per heavy atom. The lowest BCUT2D eigenvalue weighted by Crippen LogP contribution is -2.00. The molecule has 0 saturated heterocycles. The van der Waals surface area contributed by atoms with Crippen molar-refractivity contribution in [2.24, 2.45) is 5.92 Å². The summed E-state index contributed by atoms with van der Waals surface area (Å²) >= 11 is 0. The van der Waals surface area contributed by atoms with Crippen molar-refractivity contribution in [2.45, 2.75) is 19.8 Å². The first-order valence-corrected chi connectivity index (χ1v) is 7.24. The van der Waals surface area contributed by atoms with Crippen LogP contribution in [0.25, 0.3) is 11.6 Å². The highest BCUT2D eigenvalue weighted by atomic mass is 16.2. The first kappa shape index (κ1) is 14.5. The number of hydrogen-bond acceptors (Lipinski definition) is 1. The zero-order valence-corrected chi connectivity index (χ0v) is 12.0. The molecule has 1 N–H and O–H groups in total. The summed E-state index contributed by atoms with van der Waals surface area (Å²) in [6.07, 6.45) is 4.11. The summed E-state index contributed by atoms with van der Waals surface area (Å²) in [5.41, 5.74) is 3.83. The van der Waals surface area contributed by atoms with Crippen LogP contribution in [0.4, 0.5) is 0 Å². The molecule has 1 nitrogen and oxygen atoms in total. The summed E-state index contributed by atoms with van der Waals surface area (Å²) in [5, 5.41) is 9.04. The molecule has 2 rings (SSSR count). The van der Waals surface area contributed by atoms with Crippen molar-refractivity contribution in [3.63, 3.8) is 0 Å². The summed E-state index contributed by atoms with van der Waals surface area (Å²) in [6.45, 7) is 2.50. The van der Waals surface area contributed by atoms with Gasteiger partial charge in [-0.2, -0.15) is 0 Å². The third kappa shape index (κ3) is 4.07. The number of aliphatic hydroxyl groups excluding tert-OH is 1. The second kappa shape index (κ2) is 7.66. The average Bonchev–Trinajstić information content (AvgIpc) is 2.52. The number of allylic oxidation sites excluding steroid dienone is 1. The maximum Gasteiger partial charge on any atom is 0.0431 e. The Labute approximate surface area is 121 Å². The van der Waals surface area contributed by atoms with E-state index in [0.717, 1.165) is 12.8 Å². The van der Waals surface area contributed by atoms with E-state index in [1.54, 1.807) is 0 Å². The molecule has 1 heteroatoms. The fourth-order valence-corrected chi connectivity index (χ4v) is 2.42. The van der Waals surface area contributed by atoms with Crippen LogP contribution in [0, 0.1) is 5.92 Å². The molecule has 0 radical (unpaired) electrons. The average molecular weight is 266 g/mol. The highest BCUT2D eigenvalue weighted by Crippen LogP contribution is 2.28. The minimum Gasteiger partial charge on any atom is -0.396 e. The first-order chi connectivity index (χ1) is 9.81. The molecule has 1 unspecified atom stereocenters. The summed E-state index contributed by atoms with van der Waals surface area (Å²) in [4.78, 5) is 0. The smallest absolute Gasteiger partial charge is 0.0431 e. The molecule has 0 heterocycles.